The highest BCUT2D eigenvalue weighted by Crippen LogP contribution is 2.31. The number of methoxy groups -OCH3 is 1. The van der Waals surface area contributed by atoms with Crippen LogP contribution >= 0.6 is 0 Å². The van der Waals surface area contributed by atoms with Gasteiger partial charge in [0.15, 0.2) is 0 Å². The average Bonchev–Trinajstić information content (AvgIpc) is 2.51. The van der Waals surface area contributed by atoms with Crippen molar-refractivity contribution in [1.82, 2.24) is 0 Å². The minimum Gasteiger partial charge on any atom is -0.497 e. The molecule has 3 rings (SSSR count). The molecule has 2 aromatic carbocycles. The number of hydrogen-bond donors (Lipinski definition) is 0. The molecule has 0 N–H and O–H groups in total. The molecule has 0 bridgehead atoms. The lowest BCUT2D eigenvalue weighted by molar-refractivity contribution is 0.414. The fourth-order valence-electron chi connectivity index (χ4n) is 2.93. The molecule has 2 aromatic rings. The van der Waals surface area contributed by atoms with E-state index in [1.807, 2.05) is 12.1 Å². The van der Waals surface area contributed by atoms with E-state index in [1.165, 1.54) is 29.7 Å². The molecule has 1 aliphatic heterocycles. The summed E-state index contributed by atoms with van der Waals surface area (Å²) in [7, 11) is 1.71. The first-order valence-electron chi connectivity index (χ1n) is 7.25. The van der Waals surface area contributed by atoms with Crippen LogP contribution in [0.1, 0.15) is 24.5 Å². The van der Waals surface area contributed by atoms with Crippen molar-refractivity contribution in [2.45, 2.75) is 32.4 Å². The number of anilines is 1. The van der Waals surface area contributed by atoms with Crippen LogP contribution in [0.3, 0.4) is 0 Å². The normalized spacial score (nSPS) is 17.7. The number of ether oxygens (including phenoxy) is 1. The van der Waals surface area contributed by atoms with Crippen LogP contribution in [-0.4, -0.2) is 13.2 Å². The lowest BCUT2D eigenvalue weighted by Gasteiger charge is -2.37. The Kier molecular flexibility index (Phi) is 3.64. The van der Waals surface area contributed by atoms with E-state index in [0.29, 0.717) is 6.04 Å². The van der Waals surface area contributed by atoms with Crippen molar-refractivity contribution in [2.24, 2.45) is 0 Å². The van der Waals surface area contributed by atoms with Crippen molar-refractivity contribution >= 4 is 5.69 Å². The molecule has 0 spiro atoms. The highest BCUT2D eigenvalue weighted by molar-refractivity contribution is 5.56. The molecule has 0 saturated heterocycles. The second kappa shape index (κ2) is 5.58. The summed E-state index contributed by atoms with van der Waals surface area (Å²) in [5.74, 6) is 0.917. The predicted octanol–water partition coefficient (Wildman–Crippen LogP) is 4.04. The summed E-state index contributed by atoms with van der Waals surface area (Å²) in [4.78, 5) is 2.51. The van der Waals surface area contributed by atoms with Crippen LogP contribution in [0.25, 0.3) is 0 Å². The Morgan fingerprint density at radius 3 is 2.60 bits per heavy atom. The molecule has 2 nitrogen and oxygen atoms in total. The van der Waals surface area contributed by atoms with Crippen LogP contribution in [0.15, 0.2) is 48.5 Å². The van der Waals surface area contributed by atoms with Crippen molar-refractivity contribution < 1.29 is 4.74 Å². The minimum absolute atomic E-state index is 0.590. The smallest absolute Gasteiger partial charge is 0.118 e. The lowest BCUT2D eigenvalue weighted by atomic mass is 9.96. The number of benzene rings is 2. The SMILES string of the molecule is COc1ccc(CN2c3ccccc3CCC2C)cc1. The Morgan fingerprint density at radius 2 is 1.85 bits per heavy atom. The van der Waals surface area contributed by atoms with Crippen molar-refractivity contribution in [3.63, 3.8) is 0 Å². The van der Waals surface area contributed by atoms with E-state index in [0.717, 1.165) is 12.3 Å². The summed E-state index contributed by atoms with van der Waals surface area (Å²) in [6.45, 7) is 3.28. The van der Waals surface area contributed by atoms with Crippen LogP contribution in [0, 0.1) is 0 Å². The molecule has 1 heterocycles. The van der Waals surface area contributed by atoms with Crippen LogP contribution in [-0.2, 0) is 13.0 Å². The first-order valence-corrected chi connectivity index (χ1v) is 7.25. The molecule has 1 unspecified atom stereocenters. The molecule has 0 saturated carbocycles. The largest absolute Gasteiger partial charge is 0.497 e. The third kappa shape index (κ3) is 2.51. The maximum Gasteiger partial charge on any atom is 0.118 e. The van der Waals surface area contributed by atoms with Gasteiger partial charge in [-0.05, 0) is 49.1 Å². The molecule has 0 radical (unpaired) electrons. The van der Waals surface area contributed by atoms with Crippen molar-refractivity contribution in [3.05, 3.63) is 59.7 Å². The maximum atomic E-state index is 5.22. The molecule has 104 valence electrons. The first-order chi connectivity index (χ1) is 9.78. The van der Waals surface area contributed by atoms with Gasteiger partial charge in [0.25, 0.3) is 0 Å². The fraction of sp³-hybridized carbons (Fsp3) is 0.333. The van der Waals surface area contributed by atoms with Crippen molar-refractivity contribution in [1.29, 1.82) is 0 Å². The van der Waals surface area contributed by atoms with Gasteiger partial charge in [-0.3, -0.25) is 0 Å². The standard InChI is InChI=1S/C18H21NO/c1-14-7-10-16-5-3-4-6-18(16)19(14)13-15-8-11-17(20-2)12-9-15/h3-6,8-9,11-12,14H,7,10,13H2,1-2H3. The van der Waals surface area contributed by atoms with E-state index in [-0.39, 0.29) is 0 Å². The van der Waals surface area contributed by atoms with Crippen LogP contribution in [0.5, 0.6) is 5.75 Å². The summed E-state index contributed by atoms with van der Waals surface area (Å²) < 4.78 is 5.22. The van der Waals surface area contributed by atoms with Crippen LogP contribution in [0.2, 0.25) is 0 Å². The van der Waals surface area contributed by atoms with E-state index in [2.05, 4.69) is 48.2 Å². The highest BCUT2D eigenvalue weighted by atomic mass is 16.5. The van der Waals surface area contributed by atoms with Crippen LogP contribution in [0.4, 0.5) is 5.69 Å². The average molecular weight is 267 g/mol. The summed E-state index contributed by atoms with van der Waals surface area (Å²) >= 11 is 0. The predicted molar refractivity (Wildman–Crippen MR) is 83.4 cm³/mol. The molecule has 1 atom stereocenters. The van der Waals surface area contributed by atoms with Crippen molar-refractivity contribution in [3.8, 4) is 5.75 Å². The fourth-order valence-corrected chi connectivity index (χ4v) is 2.93. The molecule has 20 heavy (non-hydrogen) atoms. The molecular weight excluding hydrogens is 246 g/mol. The van der Waals surface area contributed by atoms with Crippen molar-refractivity contribution in [2.75, 3.05) is 12.0 Å². The lowest BCUT2D eigenvalue weighted by Crippen LogP contribution is -2.36. The Labute approximate surface area is 121 Å². The van der Waals surface area contributed by atoms with Gasteiger partial charge in [-0.15, -0.1) is 0 Å². The second-order valence-corrected chi connectivity index (χ2v) is 5.49. The topological polar surface area (TPSA) is 12.5 Å². The number of aryl methyl sites for hydroxylation is 1. The third-order valence-electron chi connectivity index (χ3n) is 4.18. The Bertz CT molecular complexity index is 576. The van der Waals surface area contributed by atoms with Gasteiger partial charge in [0.1, 0.15) is 5.75 Å². The van der Waals surface area contributed by atoms with Gasteiger partial charge >= 0.3 is 0 Å². The van der Waals surface area contributed by atoms with Gasteiger partial charge in [0, 0.05) is 18.3 Å². The summed E-state index contributed by atoms with van der Waals surface area (Å²) in [5.41, 5.74) is 4.19. The molecular formula is C18H21NO. The summed E-state index contributed by atoms with van der Waals surface area (Å²) in [6, 6.07) is 17.7. The Hall–Kier alpha value is -1.96. The molecule has 1 aliphatic rings. The minimum atomic E-state index is 0.590. The van der Waals surface area contributed by atoms with Gasteiger partial charge in [0.05, 0.1) is 7.11 Å². The molecule has 0 amide bonds. The highest BCUT2D eigenvalue weighted by Gasteiger charge is 2.22. The molecule has 2 heteroatoms. The third-order valence-corrected chi connectivity index (χ3v) is 4.18. The van der Waals surface area contributed by atoms with E-state index in [4.69, 9.17) is 4.74 Å². The molecule has 0 aliphatic carbocycles. The van der Waals surface area contributed by atoms with Crippen LogP contribution < -0.4 is 9.64 Å². The van der Waals surface area contributed by atoms with Gasteiger partial charge < -0.3 is 9.64 Å². The van der Waals surface area contributed by atoms with Gasteiger partial charge in [-0.1, -0.05) is 30.3 Å². The van der Waals surface area contributed by atoms with E-state index in [9.17, 15) is 0 Å². The van der Waals surface area contributed by atoms with E-state index >= 15 is 0 Å². The van der Waals surface area contributed by atoms with Gasteiger partial charge in [-0.2, -0.15) is 0 Å². The zero-order valence-electron chi connectivity index (χ0n) is 12.2. The molecule has 0 fully saturated rings. The number of para-hydroxylation sites is 1. The summed E-state index contributed by atoms with van der Waals surface area (Å²) in [5, 5.41) is 0. The first kappa shape index (κ1) is 13.0. The number of fused-ring (bicyclic) bond motifs is 1. The molecule has 0 aromatic heterocycles. The van der Waals surface area contributed by atoms with Gasteiger partial charge in [-0.25, -0.2) is 0 Å². The number of rotatable bonds is 3. The summed E-state index contributed by atoms with van der Waals surface area (Å²) in [6.07, 6.45) is 2.42. The number of nitrogens with zero attached hydrogens (tertiary/aromatic N) is 1. The zero-order chi connectivity index (χ0) is 13.9. The van der Waals surface area contributed by atoms with E-state index in [1.54, 1.807) is 7.11 Å². The van der Waals surface area contributed by atoms with Gasteiger partial charge in [0.2, 0.25) is 0 Å². The Morgan fingerprint density at radius 1 is 1.10 bits per heavy atom. The second-order valence-electron chi connectivity index (χ2n) is 5.49. The maximum absolute atomic E-state index is 5.22. The quantitative estimate of drug-likeness (QED) is 0.832. The monoisotopic (exact) mass is 267 g/mol. The van der Waals surface area contributed by atoms with E-state index < -0.39 is 0 Å². The number of hydrogen-bond acceptors (Lipinski definition) is 2. The zero-order valence-corrected chi connectivity index (χ0v) is 12.2. The Balaban J connectivity index is 1.85.